The Morgan fingerprint density at radius 2 is 2.00 bits per heavy atom. The minimum atomic E-state index is -0.300. The van der Waals surface area contributed by atoms with Crippen LogP contribution in [-0.2, 0) is 6.42 Å². The summed E-state index contributed by atoms with van der Waals surface area (Å²) in [6.45, 7) is 7.53. The van der Waals surface area contributed by atoms with Gasteiger partial charge in [0.25, 0.3) is 0 Å². The number of fused-ring (bicyclic) bond motifs is 1. The van der Waals surface area contributed by atoms with Gasteiger partial charge in [0.1, 0.15) is 5.82 Å². The van der Waals surface area contributed by atoms with Crippen LogP contribution < -0.4 is 0 Å². The molecule has 0 aromatic heterocycles. The Morgan fingerprint density at radius 3 is 2.65 bits per heavy atom. The second kappa shape index (κ2) is 4.96. The van der Waals surface area contributed by atoms with Gasteiger partial charge in [0.2, 0.25) is 0 Å². The molecule has 1 fully saturated rings. The lowest BCUT2D eigenvalue weighted by Gasteiger charge is -2.38. The maximum Gasteiger partial charge on any atom is 0.169 e. The first-order valence-corrected chi connectivity index (χ1v) is 7.56. The van der Waals surface area contributed by atoms with Gasteiger partial charge in [-0.25, -0.2) is 4.39 Å². The van der Waals surface area contributed by atoms with Gasteiger partial charge < -0.3 is 4.90 Å². The van der Waals surface area contributed by atoms with E-state index in [0.717, 1.165) is 44.5 Å². The molecule has 1 saturated heterocycles. The molecule has 0 radical (unpaired) electrons. The first-order valence-electron chi connectivity index (χ1n) is 7.56. The fourth-order valence-corrected chi connectivity index (χ4v) is 3.73. The first-order chi connectivity index (χ1) is 9.50. The van der Waals surface area contributed by atoms with E-state index in [-0.39, 0.29) is 17.0 Å². The Kier molecular flexibility index (Phi) is 3.41. The minimum Gasteiger partial charge on any atom is -0.303 e. The van der Waals surface area contributed by atoms with Crippen molar-refractivity contribution < 1.29 is 9.18 Å². The molecule has 1 heterocycles. The summed E-state index contributed by atoms with van der Waals surface area (Å²) in [5.41, 5.74) is 1.42. The topological polar surface area (TPSA) is 20.3 Å². The molecule has 20 heavy (non-hydrogen) atoms. The fourth-order valence-electron chi connectivity index (χ4n) is 3.73. The summed E-state index contributed by atoms with van der Waals surface area (Å²) in [4.78, 5) is 15.1. The van der Waals surface area contributed by atoms with E-state index in [0.29, 0.717) is 11.5 Å². The number of benzene rings is 1. The molecule has 1 spiro atoms. The van der Waals surface area contributed by atoms with E-state index in [4.69, 9.17) is 0 Å². The van der Waals surface area contributed by atoms with Crippen molar-refractivity contribution in [1.29, 1.82) is 0 Å². The van der Waals surface area contributed by atoms with E-state index >= 15 is 0 Å². The molecule has 2 aliphatic rings. The van der Waals surface area contributed by atoms with Crippen molar-refractivity contribution in [2.45, 2.75) is 33.1 Å². The van der Waals surface area contributed by atoms with Crippen LogP contribution >= 0.6 is 0 Å². The van der Waals surface area contributed by atoms with Crippen LogP contribution in [0.1, 0.15) is 42.6 Å². The molecule has 1 aromatic rings. The van der Waals surface area contributed by atoms with Crippen molar-refractivity contribution >= 4 is 5.78 Å². The normalized spacial score (nSPS) is 21.7. The van der Waals surface area contributed by atoms with Gasteiger partial charge in [-0.05, 0) is 56.0 Å². The summed E-state index contributed by atoms with van der Waals surface area (Å²) in [5, 5.41) is 0. The van der Waals surface area contributed by atoms with Crippen LogP contribution in [0.4, 0.5) is 4.39 Å². The zero-order valence-corrected chi connectivity index (χ0v) is 12.3. The van der Waals surface area contributed by atoms with Crippen molar-refractivity contribution in [3.05, 3.63) is 35.1 Å². The van der Waals surface area contributed by atoms with Crippen molar-refractivity contribution in [3.8, 4) is 0 Å². The third-order valence-electron chi connectivity index (χ3n) is 4.76. The number of nitrogens with zero attached hydrogens (tertiary/aromatic N) is 1. The number of hydrogen-bond donors (Lipinski definition) is 0. The lowest BCUT2D eigenvalue weighted by Crippen LogP contribution is -2.44. The Hall–Kier alpha value is -1.22. The lowest BCUT2D eigenvalue weighted by molar-refractivity contribution is 0.0616. The second-order valence-corrected chi connectivity index (χ2v) is 6.78. The largest absolute Gasteiger partial charge is 0.303 e. The van der Waals surface area contributed by atoms with Crippen molar-refractivity contribution in [2.75, 3.05) is 19.6 Å². The summed E-state index contributed by atoms with van der Waals surface area (Å²) >= 11 is 0. The van der Waals surface area contributed by atoms with E-state index in [9.17, 15) is 9.18 Å². The van der Waals surface area contributed by atoms with Crippen LogP contribution in [0.25, 0.3) is 0 Å². The number of hydrogen-bond acceptors (Lipinski definition) is 2. The van der Waals surface area contributed by atoms with E-state index in [2.05, 4.69) is 18.7 Å². The third-order valence-corrected chi connectivity index (χ3v) is 4.76. The van der Waals surface area contributed by atoms with Crippen molar-refractivity contribution in [2.24, 2.45) is 11.3 Å². The molecule has 3 heteroatoms. The molecule has 1 aliphatic heterocycles. The highest BCUT2D eigenvalue weighted by Gasteiger charge is 2.46. The maximum atomic E-state index is 13.3. The summed E-state index contributed by atoms with van der Waals surface area (Å²) in [5.74, 6) is 0.539. The SMILES string of the molecule is CC(C)CN1CCC2(CC1)Cc1ccc(F)cc1C2=O. The highest BCUT2D eigenvalue weighted by atomic mass is 19.1. The standard InChI is InChI=1S/C17H22FNO/c1-12(2)11-19-7-5-17(6-8-19)10-13-3-4-14(18)9-15(13)16(17)20/h3-4,9,12H,5-8,10-11H2,1-2H3. The molecular formula is C17H22FNO. The van der Waals surface area contributed by atoms with Crippen molar-refractivity contribution in [3.63, 3.8) is 0 Å². The van der Waals surface area contributed by atoms with Crippen LogP contribution in [0.3, 0.4) is 0 Å². The third kappa shape index (κ3) is 2.28. The molecule has 0 saturated carbocycles. The number of halogens is 1. The average molecular weight is 275 g/mol. The molecule has 0 N–H and O–H groups in total. The monoisotopic (exact) mass is 275 g/mol. The van der Waals surface area contributed by atoms with Crippen LogP contribution in [0, 0.1) is 17.2 Å². The van der Waals surface area contributed by atoms with Crippen LogP contribution in [-0.4, -0.2) is 30.3 Å². The first kappa shape index (κ1) is 13.7. The smallest absolute Gasteiger partial charge is 0.169 e. The molecule has 2 nitrogen and oxygen atoms in total. The Morgan fingerprint density at radius 1 is 1.30 bits per heavy atom. The number of piperidine rings is 1. The summed E-state index contributed by atoms with van der Waals surface area (Å²) in [7, 11) is 0. The molecule has 1 aromatic carbocycles. The summed E-state index contributed by atoms with van der Waals surface area (Å²) in [6.07, 6.45) is 2.63. The van der Waals surface area contributed by atoms with Gasteiger partial charge in [-0.1, -0.05) is 19.9 Å². The van der Waals surface area contributed by atoms with E-state index in [1.54, 1.807) is 6.07 Å². The summed E-state index contributed by atoms with van der Waals surface area (Å²) < 4.78 is 13.3. The number of carbonyl (C=O) groups is 1. The lowest BCUT2D eigenvalue weighted by atomic mass is 9.75. The van der Waals surface area contributed by atoms with Crippen LogP contribution in [0.5, 0.6) is 0 Å². The predicted octanol–water partition coefficient (Wildman–Crippen LogP) is 3.30. The number of likely N-dealkylation sites (tertiary alicyclic amines) is 1. The van der Waals surface area contributed by atoms with Crippen LogP contribution in [0.15, 0.2) is 18.2 Å². The highest BCUT2D eigenvalue weighted by Crippen LogP contribution is 2.44. The zero-order valence-electron chi connectivity index (χ0n) is 12.3. The molecule has 0 bridgehead atoms. The predicted molar refractivity (Wildman–Crippen MR) is 77.4 cm³/mol. The van der Waals surface area contributed by atoms with Gasteiger partial charge in [0.05, 0.1) is 0 Å². The van der Waals surface area contributed by atoms with E-state index < -0.39 is 0 Å². The second-order valence-electron chi connectivity index (χ2n) is 6.78. The molecular weight excluding hydrogens is 253 g/mol. The molecule has 108 valence electrons. The van der Waals surface area contributed by atoms with Gasteiger partial charge in [-0.15, -0.1) is 0 Å². The van der Waals surface area contributed by atoms with Gasteiger partial charge >= 0.3 is 0 Å². The number of rotatable bonds is 2. The fraction of sp³-hybridized carbons (Fsp3) is 0.588. The van der Waals surface area contributed by atoms with Gasteiger partial charge in [-0.2, -0.15) is 0 Å². The van der Waals surface area contributed by atoms with Gasteiger partial charge in [-0.3, -0.25) is 4.79 Å². The van der Waals surface area contributed by atoms with Gasteiger partial charge in [0, 0.05) is 17.5 Å². The molecule has 0 unspecified atom stereocenters. The number of carbonyl (C=O) groups excluding carboxylic acids is 1. The quantitative estimate of drug-likeness (QED) is 0.825. The Balaban J connectivity index is 1.76. The maximum absolute atomic E-state index is 13.3. The number of ketones is 1. The summed E-state index contributed by atoms with van der Waals surface area (Å²) in [6, 6.07) is 4.68. The minimum absolute atomic E-state index is 0.177. The molecule has 1 aliphatic carbocycles. The molecule has 0 atom stereocenters. The average Bonchev–Trinajstić information content (AvgIpc) is 2.66. The zero-order chi connectivity index (χ0) is 14.3. The van der Waals surface area contributed by atoms with Crippen LogP contribution in [0.2, 0.25) is 0 Å². The number of Topliss-reactive ketones (excluding diaryl/α,β-unsaturated/α-hetero) is 1. The Bertz CT molecular complexity index is 530. The molecule has 0 amide bonds. The van der Waals surface area contributed by atoms with Gasteiger partial charge in [0.15, 0.2) is 5.78 Å². The van der Waals surface area contributed by atoms with Crippen molar-refractivity contribution in [1.82, 2.24) is 4.90 Å². The van der Waals surface area contributed by atoms with E-state index in [1.165, 1.54) is 12.1 Å². The highest BCUT2D eigenvalue weighted by molar-refractivity contribution is 6.05. The molecule has 3 rings (SSSR count). The Labute approximate surface area is 120 Å². The van der Waals surface area contributed by atoms with E-state index in [1.807, 2.05) is 0 Å².